The summed E-state index contributed by atoms with van der Waals surface area (Å²) in [6.07, 6.45) is 4.40. The summed E-state index contributed by atoms with van der Waals surface area (Å²) in [4.78, 5) is 12.4. The average molecular weight is 372 g/mol. The van der Waals surface area contributed by atoms with E-state index >= 15 is 0 Å². The molecule has 2 aromatic carbocycles. The van der Waals surface area contributed by atoms with E-state index < -0.39 is 6.61 Å². The van der Waals surface area contributed by atoms with E-state index in [9.17, 15) is 18.0 Å². The lowest BCUT2D eigenvalue weighted by molar-refractivity contribution is -0.0498. The minimum absolute atomic E-state index is 0.0462. The van der Waals surface area contributed by atoms with E-state index in [1.165, 1.54) is 36.5 Å². The van der Waals surface area contributed by atoms with Crippen molar-refractivity contribution in [3.8, 4) is 11.4 Å². The second kappa shape index (κ2) is 7.90. The predicted molar refractivity (Wildman–Crippen MR) is 94.7 cm³/mol. The number of carbonyl (C=O) groups excluding carboxylic acids is 1. The first kappa shape index (κ1) is 18.4. The van der Waals surface area contributed by atoms with Crippen molar-refractivity contribution in [2.24, 2.45) is 0 Å². The molecular weight excluding hydrogens is 357 g/mol. The number of benzene rings is 2. The molecular formula is C20H15F3N2O2. The van der Waals surface area contributed by atoms with E-state index in [1.807, 2.05) is 0 Å². The maximum atomic E-state index is 13.0. The second-order valence-corrected chi connectivity index (χ2v) is 5.68. The molecule has 1 heterocycles. The lowest BCUT2D eigenvalue weighted by Gasteiger charge is -2.04. The Labute approximate surface area is 153 Å². The molecule has 0 aliphatic rings. The Kier molecular flexibility index (Phi) is 5.40. The summed E-state index contributed by atoms with van der Waals surface area (Å²) in [7, 11) is 0. The molecule has 0 unspecified atom stereocenters. The molecule has 0 fully saturated rings. The number of allylic oxidation sites excluding steroid dienone is 1. The van der Waals surface area contributed by atoms with E-state index in [4.69, 9.17) is 0 Å². The number of hydrogen-bond acceptors (Lipinski definition) is 3. The summed E-state index contributed by atoms with van der Waals surface area (Å²) in [5, 5.41) is 4.18. The minimum atomic E-state index is -2.88. The third-order valence-corrected chi connectivity index (χ3v) is 3.88. The zero-order valence-electron chi connectivity index (χ0n) is 14.3. The standard InChI is InChI=1S/C20H15F3N2O2/c1-13-18(12-24-25(13)16-7-5-15(21)6-8-16)19(26)11-4-14-2-9-17(10-3-14)27-20(22)23/h2-12,20H,1H3/b11-4+. The molecule has 3 aromatic rings. The van der Waals surface area contributed by atoms with Crippen LogP contribution in [0.3, 0.4) is 0 Å². The quantitative estimate of drug-likeness (QED) is 0.460. The number of aromatic nitrogens is 2. The molecule has 0 spiro atoms. The van der Waals surface area contributed by atoms with Crippen LogP contribution in [0.4, 0.5) is 13.2 Å². The van der Waals surface area contributed by atoms with Crippen molar-refractivity contribution in [3.05, 3.63) is 83.4 Å². The van der Waals surface area contributed by atoms with Gasteiger partial charge in [0.15, 0.2) is 5.78 Å². The largest absolute Gasteiger partial charge is 0.435 e. The third kappa shape index (κ3) is 4.44. The molecule has 27 heavy (non-hydrogen) atoms. The molecule has 138 valence electrons. The average Bonchev–Trinajstić information content (AvgIpc) is 3.03. The minimum Gasteiger partial charge on any atom is -0.435 e. The Morgan fingerprint density at radius 3 is 2.41 bits per heavy atom. The number of rotatable bonds is 6. The van der Waals surface area contributed by atoms with Crippen LogP contribution in [0.2, 0.25) is 0 Å². The van der Waals surface area contributed by atoms with E-state index in [-0.39, 0.29) is 17.3 Å². The summed E-state index contributed by atoms with van der Waals surface area (Å²) < 4.78 is 43.1. The molecule has 0 aliphatic heterocycles. The van der Waals surface area contributed by atoms with Crippen LogP contribution in [-0.4, -0.2) is 22.2 Å². The molecule has 1 aromatic heterocycles. The SMILES string of the molecule is Cc1c(C(=O)/C=C/c2ccc(OC(F)F)cc2)cnn1-c1ccc(F)cc1. The van der Waals surface area contributed by atoms with E-state index in [2.05, 4.69) is 9.84 Å². The van der Waals surface area contributed by atoms with Gasteiger partial charge in [-0.15, -0.1) is 0 Å². The summed E-state index contributed by atoms with van der Waals surface area (Å²) >= 11 is 0. The first-order valence-electron chi connectivity index (χ1n) is 8.02. The summed E-state index contributed by atoms with van der Waals surface area (Å²) in [6.45, 7) is -1.14. The van der Waals surface area contributed by atoms with Crippen molar-refractivity contribution in [2.45, 2.75) is 13.5 Å². The smallest absolute Gasteiger partial charge is 0.387 e. The van der Waals surface area contributed by atoms with Gasteiger partial charge in [0.25, 0.3) is 0 Å². The van der Waals surface area contributed by atoms with Crippen molar-refractivity contribution in [3.63, 3.8) is 0 Å². The number of hydrogen-bond donors (Lipinski definition) is 0. The molecule has 3 rings (SSSR count). The maximum absolute atomic E-state index is 13.0. The Bertz CT molecular complexity index is 962. The van der Waals surface area contributed by atoms with Crippen LogP contribution in [0.15, 0.2) is 60.8 Å². The highest BCUT2D eigenvalue weighted by atomic mass is 19.3. The topological polar surface area (TPSA) is 44.1 Å². The molecule has 0 saturated heterocycles. The summed E-state index contributed by atoms with van der Waals surface area (Å²) in [6, 6.07) is 11.7. The first-order valence-corrected chi connectivity index (χ1v) is 8.02. The van der Waals surface area contributed by atoms with E-state index in [0.29, 0.717) is 22.5 Å². The van der Waals surface area contributed by atoms with Gasteiger partial charge >= 0.3 is 6.61 Å². The lowest BCUT2D eigenvalue weighted by atomic mass is 10.1. The van der Waals surface area contributed by atoms with Gasteiger partial charge in [-0.05, 0) is 55.0 Å². The van der Waals surface area contributed by atoms with Gasteiger partial charge in [0.05, 0.1) is 23.1 Å². The molecule has 7 heteroatoms. The van der Waals surface area contributed by atoms with Gasteiger partial charge in [0, 0.05) is 0 Å². The van der Waals surface area contributed by atoms with Crippen molar-refractivity contribution >= 4 is 11.9 Å². The molecule has 0 aliphatic carbocycles. The van der Waals surface area contributed by atoms with Crippen LogP contribution >= 0.6 is 0 Å². The van der Waals surface area contributed by atoms with Gasteiger partial charge in [-0.1, -0.05) is 18.2 Å². The Hall–Kier alpha value is -3.35. The molecule has 0 saturated carbocycles. The van der Waals surface area contributed by atoms with Crippen molar-refractivity contribution in [1.29, 1.82) is 0 Å². The van der Waals surface area contributed by atoms with Gasteiger partial charge in [-0.3, -0.25) is 4.79 Å². The number of ether oxygens (including phenoxy) is 1. The maximum Gasteiger partial charge on any atom is 0.387 e. The zero-order chi connectivity index (χ0) is 19.4. The Balaban J connectivity index is 1.74. The van der Waals surface area contributed by atoms with Crippen LogP contribution in [0.5, 0.6) is 5.75 Å². The van der Waals surface area contributed by atoms with Crippen LogP contribution in [0.25, 0.3) is 11.8 Å². The summed E-state index contributed by atoms with van der Waals surface area (Å²) in [5.74, 6) is -0.563. The van der Waals surface area contributed by atoms with E-state index in [1.54, 1.807) is 41.9 Å². The van der Waals surface area contributed by atoms with Crippen LogP contribution in [0, 0.1) is 12.7 Å². The number of nitrogens with zero attached hydrogens (tertiary/aromatic N) is 2. The van der Waals surface area contributed by atoms with E-state index in [0.717, 1.165) is 0 Å². The Morgan fingerprint density at radius 1 is 1.11 bits per heavy atom. The third-order valence-electron chi connectivity index (χ3n) is 3.88. The second-order valence-electron chi connectivity index (χ2n) is 5.68. The van der Waals surface area contributed by atoms with Crippen LogP contribution < -0.4 is 4.74 Å². The number of alkyl halides is 2. The van der Waals surface area contributed by atoms with Crippen molar-refractivity contribution < 1.29 is 22.7 Å². The lowest BCUT2D eigenvalue weighted by Crippen LogP contribution is -2.02. The molecule has 0 amide bonds. The fourth-order valence-electron chi connectivity index (χ4n) is 2.52. The highest BCUT2D eigenvalue weighted by molar-refractivity contribution is 6.07. The number of carbonyl (C=O) groups is 1. The fraction of sp³-hybridized carbons (Fsp3) is 0.100. The fourth-order valence-corrected chi connectivity index (χ4v) is 2.52. The molecule has 0 bridgehead atoms. The molecule has 4 nitrogen and oxygen atoms in total. The highest BCUT2D eigenvalue weighted by Gasteiger charge is 2.13. The van der Waals surface area contributed by atoms with Crippen molar-refractivity contribution in [1.82, 2.24) is 9.78 Å². The van der Waals surface area contributed by atoms with Gasteiger partial charge < -0.3 is 4.74 Å². The monoisotopic (exact) mass is 372 g/mol. The van der Waals surface area contributed by atoms with Gasteiger partial charge in [0.1, 0.15) is 11.6 Å². The van der Waals surface area contributed by atoms with Gasteiger partial charge in [0.2, 0.25) is 0 Å². The highest BCUT2D eigenvalue weighted by Crippen LogP contribution is 2.18. The van der Waals surface area contributed by atoms with Gasteiger partial charge in [-0.25, -0.2) is 9.07 Å². The first-order chi connectivity index (χ1) is 12.9. The molecule has 0 atom stereocenters. The number of ketones is 1. The number of halogens is 3. The van der Waals surface area contributed by atoms with Crippen LogP contribution in [0.1, 0.15) is 21.6 Å². The molecule has 0 N–H and O–H groups in total. The Morgan fingerprint density at radius 2 is 1.78 bits per heavy atom. The zero-order valence-corrected chi connectivity index (χ0v) is 14.3. The van der Waals surface area contributed by atoms with Crippen LogP contribution in [-0.2, 0) is 0 Å². The molecule has 0 radical (unpaired) electrons. The normalized spacial score (nSPS) is 11.3. The summed E-state index contributed by atoms with van der Waals surface area (Å²) in [5.41, 5.74) is 2.34. The van der Waals surface area contributed by atoms with Crippen molar-refractivity contribution in [2.75, 3.05) is 0 Å². The predicted octanol–water partition coefficient (Wildman–Crippen LogP) is 4.82. The van der Waals surface area contributed by atoms with Gasteiger partial charge in [-0.2, -0.15) is 13.9 Å².